The highest BCUT2D eigenvalue weighted by Gasteiger charge is 2.65. The Bertz CT molecular complexity index is 1070. The van der Waals surface area contributed by atoms with Crippen molar-refractivity contribution in [3.8, 4) is 0 Å². The fourth-order valence-electron chi connectivity index (χ4n) is 8.68. The van der Waals surface area contributed by atoms with E-state index in [9.17, 15) is 0 Å². The first-order chi connectivity index (χ1) is 17.1. The zero-order valence-electron chi connectivity index (χ0n) is 21.0. The smallest absolute Gasteiger partial charge is 0.174 e. The molecule has 0 amide bonds. The van der Waals surface area contributed by atoms with E-state index in [0.717, 1.165) is 71.4 Å². The van der Waals surface area contributed by atoms with Gasteiger partial charge < -0.3 is 18.9 Å². The average Bonchev–Trinajstić information content (AvgIpc) is 3.60. The van der Waals surface area contributed by atoms with Crippen molar-refractivity contribution >= 4 is 5.57 Å². The maximum atomic E-state index is 6.45. The van der Waals surface area contributed by atoms with Crippen LogP contribution >= 0.6 is 0 Å². The van der Waals surface area contributed by atoms with Crippen LogP contribution in [0, 0.1) is 23.2 Å². The van der Waals surface area contributed by atoms with Gasteiger partial charge in [0, 0.05) is 30.6 Å². The first-order valence-electron chi connectivity index (χ1n) is 13.7. The van der Waals surface area contributed by atoms with Crippen molar-refractivity contribution in [3.05, 3.63) is 65.3 Å². The number of fused-ring (bicyclic) bond motifs is 6. The number of ether oxygens (including phenoxy) is 4. The van der Waals surface area contributed by atoms with Crippen LogP contribution in [0.25, 0.3) is 5.57 Å². The van der Waals surface area contributed by atoms with Gasteiger partial charge >= 0.3 is 0 Å². The summed E-state index contributed by atoms with van der Waals surface area (Å²) in [6.45, 7) is 9.30. The Morgan fingerprint density at radius 1 is 0.943 bits per heavy atom. The summed E-state index contributed by atoms with van der Waals surface area (Å²) in [5.41, 5.74) is 7.53. The highest BCUT2D eigenvalue weighted by Crippen LogP contribution is 2.67. The lowest BCUT2D eigenvalue weighted by atomic mass is 9.54. The van der Waals surface area contributed by atoms with Gasteiger partial charge in [0.15, 0.2) is 11.6 Å². The molecule has 4 atom stereocenters. The quantitative estimate of drug-likeness (QED) is 0.487. The number of hydrogen-bond acceptors (Lipinski definition) is 4. The van der Waals surface area contributed by atoms with Gasteiger partial charge in [0.2, 0.25) is 0 Å². The third kappa shape index (κ3) is 3.26. The van der Waals surface area contributed by atoms with Gasteiger partial charge in [-0.2, -0.15) is 0 Å². The largest absolute Gasteiger partial charge is 0.347 e. The molecule has 4 aliphatic carbocycles. The van der Waals surface area contributed by atoms with Crippen LogP contribution in [0.4, 0.5) is 0 Å². The molecule has 0 N–H and O–H groups in total. The van der Waals surface area contributed by atoms with Crippen LogP contribution in [0.1, 0.15) is 63.0 Å². The Hall–Kier alpha value is -1.72. The normalized spacial score (nSPS) is 36.7. The molecule has 1 aromatic rings. The molecular weight excluding hydrogens is 436 g/mol. The summed E-state index contributed by atoms with van der Waals surface area (Å²) in [6, 6.07) is 9.28. The summed E-state index contributed by atoms with van der Waals surface area (Å²) in [7, 11) is 0. The number of hydrogen-bond donors (Lipinski definition) is 0. The van der Waals surface area contributed by atoms with E-state index in [4.69, 9.17) is 18.9 Å². The number of rotatable bonds is 3. The summed E-state index contributed by atoms with van der Waals surface area (Å²) in [6.07, 6.45) is 12.9. The fourth-order valence-corrected chi connectivity index (χ4v) is 8.68. The van der Waals surface area contributed by atoms with Crippen molar-refractivity contribution in [2.24, 2.45) is 23.2 Å². The number of benzene rings is 1. The molecule has 7 rings (SSSR count). The predicted octanol–water partition coefficient (Wildman–Crippen LogP) is 6.22. The van der Waals surface area contributed by atoms with Crippen molar-refractivity contribution < 1.29 is 18.9 Å². The molecule has 0 unspecified atom stereocenters. The van der Waals surface area contributed by atoms with Crippen molar-refractivity contribution in [1.29, 1.82) is 0 Å². The molecule has 0 bridgehead atoms. The van der Waals surface area contributed by atoms with Crippen molar-refractivity contribution in [3.63, 3.8) is 0 Å². The monoisotopic (exact) mass is 474 g/mol. The molecule has 2 heterocycles. The van der Waals surface area contributed by atoms with Gasteiger partial charge in [-0.15, -0.1) is 6.58 Å². The molecule has 4 heteroatoms. The van der Waals surface area contributed by atoms with Crippen molar-refractivity contribution in [1.82, 2.24) is 0 Å². The van der Waals surface area contributed by atoms with Gasteiger partial charge in [-0.1, -0.05) is 54.5 Å². The second-order valence-electron chi connectivity index (χ2n) is 11.8. The maximum absolute atomic E-state index is 6.45. The summed E-state index contributed by atoms with van der Waals surface area (Å²) >= 11 is 0. The highest BCUT2D eigenvalue weighted by molar-refractivity contribution is 5.73. The second kappa shape index (κ2) is 8.14. The van der Waals surface area contributed by atoms with Gasteiger partial charge in [-0.05, 0) is 60.6 Å². The lowest BCUT2D eigenvalue weighted by Gasteiger charge is -2.53. The SMILES string of the molecule is C=CCc1ccc(C2=C3[C@H]4CCC5(CC4=CC[C@H]3[C@@H]3CCC4(OCCO4)[C@@]3(C)C2)OCCO5)cc1. The third-order valence-corrected chi connectivity index (χ3v) is 10.2. The van der Waals surface area contributed by atoms with E-state index in [2.05, 4.69) is 43.8 Å². The Labute approximate surface area is 209 Å². The summed E-state index contributed by atoms with van der Waals surface area (Å²) in [5.74, 6) is 0.906. The molecular formula is C31H38O4. The second-order valence-corrected chi connectivity index (χ2v) is 11.8. The minimum Gasteiger partial charge on any atom is -0.347 e. The third-order valence-electron chi connectivity index (χ3n) is 10.2. The summed E-state index contributed by atoms with van der Waals surface area (Å²) < 4.78 is 25.2. The van der Waals surface area contributed by atoms with E-state index in [1.165, 1.54) is 17.5 Å². The summed E-state index contributed by atoms with van der Waals surface area (Å²) in [5, 5.41) is 0. The van der Waals surface area contributed by atoms with Crippen LogP contribution < -0.4 is 0 Å². The van der Waals surface area contributed by atoms with E-state index >= 15 is 0 Å². The van der Waals surface area contributed by atoms with Crippen LogP contribution in [0.5, 0.6) is 0 Å². The molecule has 186 valence electrons. The van der Waals surface area contributed by atoms with Gasteiger partial charge in [-0.25, -0.2) is 0 Å². The van der Waals surface area contributed by atoms with E-state index in [1.807, 2.05) is 6.08 Å². The zero-order valence-corrected chi connectivity index (χ0v) is 21.0. The van der Waals surface area contributed by atoms with E-state index < -0.39 is 5.79 Å². The van der Waals surface area contributed by atoms with Crippen LogP contribution in [-0.2, 0) is 25.4 Å². The maximum Gasteiger partial charge on any atom is 0.174 e. The fraction of sp³-hybridized carbons (Fsp3) is 0.613. The Morgan fingerprint density at radius 3 is 2.43 bits per heavy atom. The van der Waals surface area contributed by atoms with Crippen molar-refractivity contribution in [2.45, 2.75) is 69.9 Å². The molecule has 4 fully saturated rings. The van der Waals surface area contributed by atoms with Crippen LogP contribution in [0.3, 0.4) is 0 Å². The van der Waals surface area contributed by atoms with Gasteiger partial charge in [0.1, 0.15) is 0 Å². The van der Waals surface area contributed by atoms with E-state index in [0.29, 0.717) is 17.8 Å². The van der Waals surface area contributed by atoms with Crippen molar-refractivity contribution in [2.75, 3.05) is 26.4 Å². The molecule has 1 aromatic carbocycles. The lowest BCUT2D eigenvalue weighted by molar-refractivity contribution is -0.226. The Morgan fingerprint density at radius 2 is 1.69 bits per heavy atom. The average molecular weight is 475 g/mol. The number of allylic oxidation sites excluding steroid dienone is 4. The summed E-state index contributed by atoms with van der Waals surface area (Å²) in [4.78, 5) is 0. The topological polar surface area (TPSA) is 36.9 Å². The molecule has 2 saturated carbocycles. The zero-order chi connectivity index (χ0) is 23.7. The Balaban J connectivity index is 1.33. The first kappa shape index (κ1) is 22.5. The van der Waals surface area contributed by atoms with Gasteiger partial charge in [0.05, 0.1) is 26.4 Å². The van der Waals surface area contributed by atoms with Gasteiger partial charge in [0.25, 0.3) is 0 Å². The molecule has 2 saturated heterocycles. The van der Waals surface area contributed by atoms with E-state index in [-0.39, 0.29) is 11.2 Å². The molecule has 2 aliphatic heterocycles. The van der Waals surface area contributed by atoms with Crippen LogP contribution in [0.15, 0.2) is 54.1 Å². The first-order valence-corrected chi connectivity index (χ1v) is 13.7. The minimum absolute atomic E-state index is 0.00565. The standard InChI is InChI=1S/C31H38O4/c1-3-4-21-5-7-22(8-6-21)26-20-29(2)27(12-14-31(29)34-17-18-35-31)25-10-9-23-19-30(32-15-16-33-30)13-11-24(23)28(25)26/h3,5-9,24-25,27H,1,4,10-20H2,2H3/t24-,25-,27-,29-/m0/s1. The lowest BCUT2D eigenvalue weighted by Crippen LogP contribution is -2.51. The highest BCUT2D eigenvalue weighted by atomic mass is 16.7. The molecule has 6 aliphatic rings. The van der Waals surface area contributed by atoms with Gasteiger partial charge in [-0.3, -0.25) is 0 Å². The molecule has 4 nitrogen and oxygen atoms in total. The minimum atomic E-state index is -0.413. The Kier molecular flexibility index (Phi) is 5.23. The van der Waals surface area contributed by atoms with E-state index in [1.54, 1.807) is 16.7 Å². The predicted molar refractivity (Wildman–Crippen MR) is 136 cm³/mol. The molecule has 2 spiro atoms. The molecule has 0 aromatic heterocycles. The molecule has 0 radical (unpaired) electrons. The van der Waals surface area contributed by atoms with Crippen LogP contribution in [-0.4, -0.2) is 38.0 Å². The molecule has 35 heavy (non-hydrogen) atoms. The van der Waals surface area contributed by atoms with Crippen LogP contribution in [0.2, 0.25) is 0 Å².